The van der Waals surface area contributed by atoms with E-state index in [1.807, 2.05) is 0 Å². The zero-order chi connectivity index (χ0) is 9.82. The Hall–Kier alpha value is -0.710. The Balaban J connectivity index is 0. The van der Waals surface area contributed by atoms with Crippen molar-refractivity contribution in [2.45, 2.75) is 20.8 Å². The molecule has 0 N–H and O–H groups in total. The monoisotopic (exact) mass is 185 g/mol. The molecule has 0 aliphatic heterocycles. The molecule has 0 bridgehead atoms. The van der Waals surface area contributed by atoms with Gasteiger partial charge < -0.3 is 4.90 Å². The average molecular weight is 185 g/mol. The molecule has 0 heterocycles. The lowest BCUT2D eigenvalue weighted by Gasteiger charge is -2.13. The second kappa shape index (κ2) is 12.9. The van der Waals surface area contributed by atoms with Gasteiger partial charge in [0.05, 0.1) is 11.8 Å². The predicted octanol–water partition coefficient (Wildman–Crippen LogP) is 2.03. The number of thiocyanates is 2. The highest BCUT2D eigenvalue weighted by atomic mass is 32.2. The van der Waals surface area contributed by atoms with Crippen molar-refractivity contribution in [3.63, 3.8) is 0 Å². The molecule has 68 valence electrons. The van der Waals surface area contributed by atoms with E-state index in [4.69, 9.17) is 10.5 Å². The minimum atomic E-state index is 0.574. The predicted molar refractivity (Wildman–Crippen MR) is 52.3 cm³/mol. The highest BCUT2D eigenvalue weighted by Gasteiger charge is 1.89. The first-order valence-electron chi connectivity index (χ1n) is 3.93. The smallest absolute Gasteiger partial charge is 0.149 e. The van der Waals surface area contributed by atoms with Crippen LogP contribution in [-0.2, 0) is 0 Å². The van der Waals surface area contributed by atoms with Crippen LogP contribution in [0.15, 0.2) is 0 Å². The summed E-state index contributed by atoms with van der Waals surface area (Å²) < 4.78 is 0. The maximum atomic E-state index is 7.56. The van der Waals surface area contributed by atoms with Gasteiger partial charge in [-0.1, -0.05) is 20.8 Å². The summed E-state index contributed by atoms with van der Waals surface area (Å²) in [4.78, 5) is 2.38. The molecule has 0 saturated heterocycles. The third kappa shape index (κ3) is 12.0. The van der Waals surface area contributed by atoms with Crippen LogP contribution in [0.25, 0.3) is 0 Å². The summed E-state index contributed by atoms with van der Waals surface area (Å²) in [6.45, 7) is 10.1. The number of nitriles is 2. The Bertz CT molecular complexity index is 135. The van der Waals surface area contributed by atoms with Crippen molar-refractivity contribution < 1.29 is 0 Å². The van der Waals surface area contributed by atoms with Crippen molar-refractivity contribution in [2.75, 3.05) is 19.6 Å². The number of thioether (sulfide) groups is 1. The SMILES string of the molecule is CCN(CC)CC.N#CSC#N. The van der Waals surface area contributed by atoms with Gasteiger partial charge in [-0.3, -0.25) is 0 Å². The van der Waals surface area contributed by atoms with E-state index in [0.717, 1.165) is 0 Å². The van der Waals surface area contributed by atoms with E-state index in [1.54, 1.807) is 10.8 Å². The summed E-state index contributed by atoms with van der Waals surface area (Å²) in [7, 11) is 0. The number of hydrogen-bond donors (Lipinski definition) is 0. The fourth-order valence-corrected chi connectivity index (χ4v) is 0.732. The number of hydrogen-bond acceptors (Lipinski definition) is 4. The molecule has 0 unspecified atom stereocenters. The van der Waals surface area contributed by atoms with Gasteiger partial charge in [0.15, 0.2) is 0 Å². The van der Waals surface area contributed by atoms with Crippen molar-refractivity contribution in [1.29, 1.82) is 10.5 Å². The van der Waals surface area contributed by atoms with E-state index >= 15 is 0 Å². The van der Waals surface area contributed by atoms with E-state index in [2.05, 4.69) is 25.7 Å². The second-order valence-electron chi connectivity index (χ2n) is 1.90. The lowest BCUT2D eigenvalue weighted by molar-refractivity contribution is 0.321. The minimum Gasteiger partial charge on any atom is -0.304 e. The van der Waals surface area contributed by atoms with E-state index in [0.29, 0.717) is 11.8 Å². The van der Waals surface area contributed by atoms with Crippen LogP contribution >= 0.6 is 11.8 Å². The fraction of sp³-hybridized carbons (Fsp3) is 0.750. The molecule has 0 radical (unpaired) electrons. The summed E-state index contributed by atoms with van der Waals surface area (Å²) in [6, 6.07) is 0. The topological polar surface area (TPSA) is 50.8 Å². The third-order valence-electron chi connectivity index (χ3n) is 1.43. The minimum absolute atomic E-state index is 0.574. The molecule has 3 nitrogen and oxygen atoms in total. The molecule has 4 heteroatoms. The standard InChI is InChI=1S/C6H15N.C2N2S/c1-4-7(5-2)6-3;3-1-5-2-4/h4-6H2,1-3H3;. The van der Waals surface area contributed by atoms with Crippen LogP contribution < -0.4 is 0 Å². The Morgan fingerprint density at radius 3 is 1.33 bits per heavy atom. The lowest BCUT2D eigenvalue weighted by Crippen LogP contribution is -2.21. The molecular weight excluding hydrogens is 170 g/mol. The summed E-state index contributed by atoms with van der Waals surface area (Å²) in [5, 5.41) is 18.3. The van der Waals surface area contributed by atoms with Crippen molar-refractivity contribution in [2.24, 2.45) is 0 Å². The van der Waals surface area contributed by atoms with Crippen LogP contribution in [0.5, 0.6) is 0 Å². The lowest BCUT2D eigenvalue weighted by atomic mass is 10.5. The van der Waals surface area contributed by atoms with Crippen molar-refractivity contribution in [1.82, 2.24) is 4.90 Å². The molecule has 0 atom stereocenters. The maximum Gasteiger partial charge on any atom is 0.149 e. The van der Waals surface area contributed by atoms with Crippen LogP contribution in [0.2, 0.25) is 0 Å². The zero-order valence-electron chi connectivity index (χ0n) is 7.87. The maximum absolute atomic E-state index is 7.56. The Morgan fingerprint density at radius 2 is 1.33 bits per heavy atom. The molecule has 0 aliphatic carbocycles. The quantitative estimate of drug-likeness (QED) is 0.631. The van der Waals surface area contributed by atoms with E-state index in [9.17, 15) is 0 Å². The van der Waals surface area contributed by atoms with Crippen molar-refractivity contribution in [3.05, 3.63) is 0 Å². The van der Waals surface area contributed by atoms with Crippen LogP contribution in [0.3, 0.4) is 0 Å². The molecule has 0 aromatic carbocycles. The normalized spacial score (nSPS) is 7.83. The van der Waals surface area contributed by atoms with Crippen LogP contribution in [0.1, 0.15) is 20.8 Å². The van der Waals surface area contributed by atoms with Gasteiger partial charge in [-0.15, -0.1) is 0 Å². The van der Waals surface area contributed by atoms with Crippen LogP contribution in [0.4, 0.5) is 0 Å². The van der Waals surface area contributed by atoms with Crippen LogP contribution in [0, 0.1) is 21.3 Å². The van der Waals surface area contributed by atoms with Crippen molar-refractivity contribution >= 4 is 11.8 Å². The molecule has 0 fully saturated rings. The first kappa shape index (κ1) is 13.9. The van der Waals surface area contributed by atoms with E-state index in [1.165, 1.54) is 19.6 Å². The van der Waals surface area contributed by atoms with Gasteiger partial charge in [0.2, 0.25) is 0 Å². The molecular formula is C8H15N3S. The van der Waals surface area contributed by atoms with Gasteiger partial charge in [-0.25, -0.2) is 0 Å². The molecule has 0 aromatic rings. The molecule has 0 rings (SSSR count). The average Bonchev–Trinajstić information content (AvgIpc) is 2.10. The summed E-state index contributed by atoms with van der Waals surface area (Å²) in [5.41, 5.74) is 0. The Kier molecular flexibility index (Phi) is 14.9. The third-order valence-corrected chi connectivity index (χ3v) is 1.62. The Labute approximate surface area is 79.0 Å². The van der Waals surface area contributed by atoms with Gasteiger partial charge in [-0.2, -0.15) is 10.5 Å². The molecule has 0 spiro atoms. The number of nitrogens with zero attached hydrogens (tertiary/aromatic N) is 3. The molecule has 0 aromatic heterocycles. The van der Waals surface area contributed by atoms with Gasteiger partial charge in [-0.05, 0) is 19.6 Å². The molecule has 0 aliphatic rings. The molecule has 12 heavy (non-hydrogen) atoms. The summed E-state index contributed by atoms with van der Waals surface area (Å²) >= 11 is 0.574. The number of rotatable bonds is 3. The van der Waals surface area contributed by atoms with Crippen LogP contribution in [-0.4, -0.2) is 24.5 Å². The Morgan fingerprint density at radius 1 is 1.00 bits per heavy atom. The van der Waals surface area contributed by atoms with Gasteiger partial charge in [0.1, 0.15) is 10.8 Å². The molecule has 0 saturated carbocycles. The van der Waals surface area contributed by atoms with Gasteiger partial charge in [0.25, 0.3) is 0 Å². The van der Waals surface area contributed by atoms with E-state index in [-0.39, 0.29) is 0 Å². The van der Waals surface area contributed by atoms with Crippen molar-refractivity contribution in [3.8, 4) is 10.8 Å². The zero-order valence-corrected chi connectivity index (χ0v) is 8.69. The fourth-order valence-electron chi connectivity index (χ4n) is 0.691. The van der Waals surface area contributed by atoms with E-state index < -0.39 is 0 Å². The largest absolute Gasteiger partial charge is 0.304 e. The summed E-state index contributed by atoms with van der Waals surface area (Å²) in [5.74, 6) is 0. The highest BCUT2D eigenvalue weighted by Crippen LogP contribution is 1.85. The highest BCUT2D eigenvalue weighted by molar-refractivity contribution is 8.07. The second-order valence-corrected chi connectivity index (χ2v) is 2.47. The first-order valence-corrected chi connectivity index (χ1v) is 4.74. The first-order chi connectivity index (χ1) is 5.76. The van der Waals surface area contributed by atoms with Gasteiger partial charge >= 0.3 is 0 Å². The summed E-state index contributed by atoms with van der Waals surface area (Å²) in [6.07, 6.45) is 0. The molecule has 0 amide bonds. The van der Waals surface area contributed by atoms with Gasteiger partial charge in [0, 0.05) is 0 Å².